The highest BCUT2D eigenvalue weighted by Crippen LogP contribution is 2.49. The molecule has 4 heteroatoms. The molecule has 1 amide bonds. The maximum Gasteiger partial charge on any atom is 0.245 e. The molecule has 4 nitrogen and oxygen atoms in total. The molecule has 2 aliphatic rings. The second-order valence-electron chi connectivity index (χ2n) is 6.33. The Bertz CT molecular complexity index is 411. The van der Waals surface area contributed by atoms with Crippen LogP contribution >= 0.6 is 0 Å². The molecule has 2 fully saturated rings. The van der Waals surface area contributed by atoms with Crippen molar-refractivity contribution >= 4 is 11.7 Å². The number of fused-ring (bicyclic) bond motifs is 2. The zero-order valence-electron chi connectivity index (χ0n) is 11.7. The number of carbonyl (C=O) groups excluding carboxylic acids is 2. The maximum absolute atomic E-state index is 12.1. The Morgan fingerprint density at radius 3 is 2.53 bits per heavy atom. The van der Waals surface area contributed by atoms with E-state index in [1.54, 1.807) is 0 Å². The largest absolute Gasteiger partial charge is 0.352 e. The van der Waals surface area contributed by atoms with E-state index in [9.17, 15) is 9.59 Å². The zero-order chi connectivity index (χ0) is 14.0. The molecule has 0 unspecified atom stereocenters. The van der Waals surface area contributed by atoms with Gasteiger partial charge >= 0.3 is 0 Å². The van der Waals surface area contributed by atoms with Crippen molar-refractivity contribution in [3.05, 3.63) is 0 Å². The summed E-state index contributed by atoms with van der Waals surface area (Å²) >= 11 is 0. The summed E-state index contributed by atoms with van der Waals surface area (Å²) < 4.78 is 0. The Kier molecular flexibility index (Phi) is 4.24. The minimum Gasteiger partial charge on any atom is -0.352 e. The van der Waals surface area contributed by atoms with Gasteiger partial charge in [-0.1, -0.05) is 6.42 Å². The highest BCUT2D eigenvalue weighted by molar-refractivity contribution is 6.04. The van der Waals surface area contributed by atoms with E-state index in [1.165, 1.54) is 19.3 Å². The van der Waals surface area contributed by atoms with Crippen molar-refractivity contribution in [3.8, 4) is 6.07 Å². The number of nitrogens with one attached hydrogen (secondary N) is 1. The first kappa shape index (κ1) is 14.0. The molecular formula is C15H22N2O2. The Morgan fingerprint density at radius 1 is 1.32 bits per heavy atom. The lowest BCUT2D eigenvalue weighted by molar-refractivity contribution is -0.132. The highest BCUT2D eigenvalue weighted by atomic mass is 16.2. The van der Waals surface area contributed by atoms with Crippen LogP contribution in [0.2, 0.25) is 0 Å². The number of nitriles is 1. The van der Waals surface area contributed by atoms with E-state index in [0.717, 1.165) is 12.3 Å². The van der Waals surface area contributed by atoms with E-state index < -0.39 is 11.8 Å². The number of Topliss-reactive ketones (excluding diaryl/α,β-unsaturated/α-hetero) is 1. The second-order valence-corrected chi connectivity index (χ2v) is 6.33. The molecule has 1 N–H and O–H groups in total. The fourth-order valence-electron chi connectivity index (χ4n) is 3.65. The van der Waals surface area contributed by atoms with E-state index >= 15 is 0 Å². The third-order valence-corrected chi connectivity index (χ3v) is 4.49. The van der Waals surface area contributed by atoms with Crippen LogP contribution in [0.5, 0.6) is 0 Å². The SMILES string of the molecule is CC(C)NC(=O)[C@@H](C#N)C(=O)C[C@@H]1C[C@H]2CC[C@H]1C2. The van der Waals surface area contributed by atoms with Crippen molar-refractivity contribution < 1.29 is 9.59 Å². The summed E-state index contributed by atoms with van der Waals surface area (Å²) in [5.74, 6) is 0.0913. The molecule has 0 aromatic rings. The molecule has 0 radical (unpaired) electrons. The van der Waals surface area contributed by atoms with E-state index in [-0.39, 0.29) is 11.8 Å². The van der Waals surface area contributed by atoms with Crippen molar-refractivity contribution in [2.45, 2.75) is 52.0 Å². The molecule has 4 atom stereocenters. The normalized spacial score (nSPS) is 30.1. The quantitative estimate of drug-likeness (QED) is 0.771. The smallest absolute Gasteiger partial charge is 0.245 e. The van der Waals surface area contributed by atoms with Gasteiger partial charge in [0, 0.05) is 12.5 Å². The van der Waals surface area contributed by atoms with Crippen LogP contribution in [0, 0.1) is 35.0 Å². The molecule has 0 aliphatic heterocycles. The molecule has 0 saturated heterocycles. The van der Waals surface area contributed by atoms with Gasteiger partial charge in [0.1, 0.15) is 0 Å². The summed E-state index contributed by atoms with van der Waals surface area (Å²) in [7, 11) is 0. The fraction of sp³-hybridized carbons (Fsp3) is 0.800. The molecule has 0 aromatic heterocycles. The number of ketones is 1. The number of hydrogen-bond donors (Lipinski definition) is 1. The van der Waals surface area contributed by atoms with Crippen molar-refractivity contribution in [2.24, 2.45) is 23.7 Å². The Morgan fingerprint density at radius 2 is 2.05 bits per heavy atom. The van der Waals surface area contributed by atoms with E-state index in [0.29, 0.717) is 18.3 Å². The molecule has 2 saturated carbocycles. The summed E-state index contributed by atoms with van der Waals surface area (Å²) in [5.41, 5.74) is 0. The van der Waals surface area contributed by atoms with Gasteiger partial charge in [0.15, 0.2) is 11.7 Å². The van der Waals surface area contributed by atoms with Crippen molar-refractivity contribution in [1.29, 1.82) is 5.26 Å². The lowest BCUT2D eigenvalue weighted by Crippen LogP contribution is -2.39. The summed E-state index contributed by atoms with van der Waals surface area (Å²) in [6.45, 7) is 3.65. The molecule has 2 bridgehead atoms. The number of amides is 1. The monoisotopic (exact) mass is 262 g/mol. The summed E-state index contributed by atoms with van der Waals surface area (Å²) in [4.78, 5) is 24.0. The Labute approximate surface area is 114 Å². The lowest BCUT2D eigenvalue weighted by Gasteiger charge is -2.21. The molecule has 2 rings (SSSR count). The molecular weight excluding hydrogens is 240 g/mol. The molecule has 104 valence electrons. The maximum atomic E-state index is 12.1. The van der Waals surface area contributed by atoms with Gasteiger partial charge in [-0.25, -0.2) is 0 Å². The van der Waals surface area contributed by atoms with Crippen molar-refractivity contribution in [3.63, 3.8) is 0 Å². The average molecular weight is 262 g/mol. The summed E-state index contributed by atoms with van der Waals surface area (Å²) in [5, 5.41) is 11.7. The van der Waals surface area contributed by atoms with Crippen LogP contribution in [0.1, 0.15) is 46.0 Å². The minimum absolute atomic E-state index is 0.0429. The topological polar surface area (TPSA) is 70.0 Å². The van der Waals surface area contributed by atoms with Crippen LogP contribution in [0.3, 0.4) is 0 Å². The second kappa shape index (κ2) is 5.73. The number of carbonyl (C=O) groups is 2. The van der Waals surface area contributed by atoms with E-state index in [1.807, 2.05) is 19.9 Å². The van der Waals surface area contributed by atoms with Gasteiger partial charge in [-0.3, -0.25) is 9.59 Å². The third kappa shape index (κ3) is 3.15. The van der Waals surface area contributed by atoms with Gasteiger partial charge < -0.3 is 5.32 Å². The molecule has 2 aliphatic carbocycles. The molecule has 0 aromatic carbocycles. The summed E-state index contributed by atoms with van der Waals surface area (Å²) in [6, 6.07) is 1.82. The van der Waals surface area contributed by atoms with Gasteiger partial charge in [0.2, 0.25) is 5.91 Å². The minimum atomic E-state index is -1.12. The van der Waals surface area contributed by atoms with Gasteiger partial charge in [0.05, 0.1) is 6.07 Å². The van der Waals surface area contributed by atoms with Gasteiger partial charge in [0.25, 0.3) is 0 Å². The van der Waals surface area contributed by atoms with Crippen LogP contribution in [-0.4, -0.2) is 17.7 Å². The predicted octanol–water partition coefficient (Wildman–Crippen LogP) is 2.05. The molecule has 19 heavy (non-hydrogen) atoms. The van der Waals surface area contributed by atoms with E-state index in [4.69, 9.17) is 5.26 Å². The predicted molar refractivity (Wildman–Crippen MR) is 70.9 cm³/mol. The van der Waals surface area contributed by atoms with Crippen LogP contribution in [0.25, 0.3) is 0 Å². The molecule has 0 spiro atoms. The Hall–Kier alpha value is -1.37. The Balaban J connectivity index is 1.90. The van der Waals surface area contributed by atoms with Gasteiger partial charge in [-0.15, -0.1) is 0 Å². The number of rotatable bonds is 5. The number of nitrogens with zero attached hydrogens (tertiary/aromatic N) is 1. The van der Waals surface area contributed by atoms with Crippen LogP contribution < -0.4 is 5.32 Å². The van der Waals surface area contributed by atoms with Crippen LogP contribution in [-0.2, 0) is 9.59 Å². The first-order valence-electron chi connectivity index (χ1n) is 7.24. The number of hydrogen-bond acceptors (Lipinski definition) is 3. The summed E-state index contributed by atoms with van der Waals surface area (Å²) in [6.07, 6.45) is 5.28. The molecule has 0 heterocycles. The first-order valence-corrected chi connectivity index (χ1v) is 7.24. The zero-order valence-corrected chi connectivity index (χ0v) is 11.7. The standard InChI is InChI=1S/C15H22N2O2/c1-9(2)17-15(19)13(8-16)14(18)7-12-6-10-3-4-11(12)5-10/h9-13H,3-7H2,1-2H3,(H,17,19)/t10-,11-,12-,13-/m0/s1. The van der Waals surface area contributed by atoms with Crippen LogP contribution in [0.15, 0.2) is 0 Å². The van der Waals surface area contributed by atoms with Crippen molar-refractivity contribution in [1.82, 2.24) is 5.32 Å². The third-order valence-electron chi connectivity index (χ3n) is 4.49. The fourth-order valence-corrected chi connectivity index (χ4v) is 3.65. The van der Waals surface area contributed by atoms with E-state index in [2.05, 4.69) is 5.32 Å². The highest BCUT2D eigenvalue weighted by Gasteiger charge is 2.41. The lowest BCUT2D eigenvalue weighted by atomic mass is 9.83. The van der Waals surface area contributed by atoms with Crippen molar-refractivity contribution in [2.75, 3.05) is 0 Å². The van der Waals surface area contributed by atoms with Gasteiger partial charge in [-0.2, -0.15) is 5.26 Å². The average Bonchev–Trinajstić information content (AvgIpc) is 2.90. The first-order chi connectivity index (χ1) is 9.01. The van der Waals surface area contributed by atoms with Crippen LogP contribution in [0.4, 0.5) is 0 Å². The van der Waals surface area contributed by atoms with Gasteiger partial charge in [-0.05, 0) is 50.9 Å².